The van der Waals surface area contributed by atoms with Crippen LogP contribution in [0.2, 0.25) is 0 Å². The van der Waals surface area contributed by atoms with E-state index in [1.807, 2.05) is 0 Å². The highest BCUT2D eigenvalue weighted by molar-refractivity contribution is 5.87. The van der Waals surface area contributed by atoms with Crippen LogP contribution in [0.15, 0.2) is 0 Å². The molecule has 0 aromatic heterocycles. The lowest BCUT2D eigenvalue weighted by Gasteiger charge is -2.21. The summed E-state index contributed by atoms with van der Waals surface area (Å²) in [5.41, 5.74) is 5.17. The number of hydrogen-bond acceptors (Lipinski definition) is 3. The molecule has 1 fully saturated rings. The molecular formula is C9H16N2O3. The quantitative estimate of drug-likeness (QED) is 0.625. The van der Waals surface area contributed by atoms with Crippen LogP contribution in [0.5, 0.6) is 0 Å². The number of rotatable bonds is 4. The van der Waals surface area contributed by atoms with E-state index in [0.29, 0.717) is 25.8 Å². The van der Waals surface area contributed by atoms with Gasteiger partial charge in [0.1, 0.15) is 6.04 Å². The zero-order valence-electron chi connectivity index (χ0n) is 8.11. The van der Waals surface area contributed by atoms with Crippen LogP contribution in [0, 0.1) is 0 Å². The summed E-state index contributed by atoms with van der Waals surface area (Å²) in [6, 6.07) is -0.429. The van der Waals surface area contributed by atoms with E-state index >= 15 is 0 Å². The molecule has 0 saturated carbocycles. The van der Waals surface area contributed by atoms with Gasteiger partial charge in [0.25, 0.3) is 0 Å². The molecule has 80 valence electrons. The number of carbonyl (C=O) groups is 2. The number of aliphatic hydroxyl groups excluding tert-OH is 1. The number of amides is 2. The number of carbonyl (C=O) groups excluding carboxylic acids is 2. The second-order valence-electron chi connectivity index (χ2n) is 3.47. The van der Waals surface area contributed by atoms with Crippen LogP contribution < -0.4 is 5.73 Å². The minimum atomic E-state index is -0.431. The van der Waals surface area contributed by atoms with Crippen molar-refractivity contribution >= 4 is 11.8 Å². The zero-order valence-corrected chi connectivity index (χ0v) is 8.11. The predicted octanol–water partition coefficient (Wildman–Crippen LogP) is -0.765. The topological polar surface area (TPSA) is 83.6 Å². The number of nitrogens with two attached hydrogens (primary N) is 1. The highest BCUT2D eigenvalue weighted by atomic mass is 16.3. The van der Waals surface area contributed by atoms with E-state index in [-0.39, 0.29) is 12.5 Å². The van der Waals surface area contributed by atoms with Crippen molar-refractivity contribution in [1.29, 1.82) is 0 Å². The Morgan fingerprint density at radius 1 is 1.50 bits per heavy atom. The number of nitrogens with zero attached hydrogens (tertiary/aromatic N) is 1. The average molecular weight is 200 g/mol. The summed E-state index contributed by atoms with van der Waals surface area (Å²) in [5, 5.41) is 8.57. The Bertz CT molecular complexity index is 230. The lowest BCUT2D eigenvalue weighted by Crippen LogP contribution is -2.43. The van der Waals surface area contributed by atoms with Crippen LogP contribution >= 0.6 is 0 Å². The van der Waals surface area contributed by atoms with E-state index < -0.39 is 11.9 Å². The zero-order chi connectivity index (χ0) is 10.6. The van der Waals surface area contributed by atoms with Gasteiger partial charge in [0.2, 0.25) is 11.8 Å². The van der Waals surface area contributed by atoms with Crippen LogP contribution in [0.3, 0.4) is 0 Å². The third-order valence-electron chi connectivity index (χ3n) is 2.45. The Hall–Kier alpha value is -1.10. The SMILES string of the molecule is NC(=O)C1CCCN1C(=O)CCCO. The maximum Gasteiger partial charge on any atom is 0.240 e. The normalized spacial score (nSPS) is 21.2. The van der Waals surface area contributed by atoms with E-state index in [1.165, 1.54) is 4.90 Å². The van der Waals surface area contributed by atoms with E-state index in [1.54, 1.807) is 0 Å². The fourth-order valence-corrected chi connectivity index (χ4v) is 1.73. The van der Waals surface area contributed by atoms with Gasteiger partial charge < -0.3 is 15.7 Å². The first kappa shape index (κ1) is 11.0. The van der Waals surface area contributed by atoms with Gasteiger partial charge in [0.15, 0.2) is 0 Å². The molecular weight excluding hydrogens is 184 g/mol. The van der Waals surface area contributed by atoms with E-state index in [0.717, 1.165) is 6.42 Å². The van der Waals surface area contributed by atoms with Crippen LogP contribution in [-0.2, 0) is 9.59 Å². The van der Waals surface area contributed by atoms with Gasteiger partial charge in [-0.3, -0.25) is 9.59 Å². The molecule has 5 nitrogen and oxygen atoms in total. The van der Waals surface area contributed by atoms with Crippen molar-refractivity contribution in [1.82, 2.24) is 4.90 Å². The van der Waals surface area contributed by atoms with Crippen LogP contribution in [0.25, 0.3) is 0 Å². The second-order valence-corrected chi connectivity index (χ2v) is 3.47. The van der Waals surface area contributed by atoms with Crippen molar-refractivity contribution in [2.75, 3.05) is 13.2 Å². The molecule has 1 rings (SSSR count). The van der Waals surface area contributed by atoms with Gasteiger partial charge in [-0.2, -0.15) is 0 Å². The summed E-state index contributed by atoms with van der Waals surface area (Å²) in [6.45, 7) is 0.610. The van der Waals surface area contributed by atoms with Crippen molar-refractivity contribution in [3.63, 3.8) is 0 Å². The molecule has 1 aliphatic heterocycles. The number of hydrogen-bond donors (Lipinski definition) is 2. The van der Waals surface area contributed by atoms with Crippen LogP contribution in [-0.4, -0.2) is 41.0 Å². The van der Waals surface area contributed by atoms with Gasteiger partial charge in [-0.1, -0.05) is 0 Å². The van der Waals surface area contributed by atoms with E-state index in [2.05, 4.69) is 0 Å². The van der Waals surface area contributed by atoms with Crippen molar-refractivity contribution in [2.24, 2.45) is 5.73 Å². The van der Waals surface area contributed by atoms with Gasteiger partial charge in [-0.25, -0.2) is 0 Å². The summed E-state index contributed by atoms with van der Waals surface area (Å²) in [6.07, 6.45) is 2.24. The van der Waals surface area contributed by atoms with Crippen molar-refractivity contribution < 1.29 is 14.7 Å². The third kappa shape index (κ3) is 2.45. The van der Waals surface area contributed by atoms with Gasteiger partial charge >= 0.3 is 0 Å². The Morgan fingerprint density at radius 3 is 2.79 bits per heavy atom. The minimum Gasteiger partial charge on any atom is -0.396 e. The summed E-state index contributed by atoms with van der Waals surface area (Å²) in [7, 11) is 0. The Morgan fingerprint density at radius 2 is 2.21 bits per heavy atom. The first-order valence-electron chi connectivity index (χ1n) is 4.86. The molecule has 5 heteroatoms. The highest BCUT2D eigenvalue weighted by Gasteiger charge is 2.31. The molecule has 0 aromatic carbocycles. The van der Waals surface area contributed by atoms with Crippen molar-refractivity contribution in [3.05, 3.63) is 0 Å². The Balaban J connectivity index is 2.49. The molecule has 0 radical (unpaired) electrons. The van der Waals surface area contributed by atoms with Crippen molar-refractivity contribution in [3.8, 4) is 0 Å². The Labute approximate surface area is 82.9 Å². The molecule has 1 saturated heterocycles. The average Bonchev–Trinajstić information content (AvgIpc) is 2.62. The minimum absolute atomic E-state index is 0.000812. The molecule has 0 aliphatic carbocycles. The monoisotopic (exact) mass is 200 g/mol. The Kier molecular flexibility index (Phi) is 3.88. The standard InChI is InChI=1S/C9H16N2O3/c10-9(14)7-3-1-5-11(7)8(13)4-2-6-12/h7,12H,1-6H2,(H2,10,14). The van der Waals surface area contributed by atoms with E-state index in [4.69, 9.17) is 10.8 Å². The maximum atomic E-state index is 11.5. The highest BCUT2D eigenvalue weighted by Crippen LogP contribution is 2.18. The van der Waals surface area contributed by atoms with Crippen molar-refractivity contribution in [2.45, 2.75) is 31.7 Å². The second kappa shape index (κ2) is 4.95. The molecule has 3 N–H and O–H groups in total. The molecule has 0 bridgehead atoms. The van der Waals surface area contributed by atoms with Gasteiger partial charge in [-0.05, 0) is 19.3 Å². The lowest BCUT2D eigenvalue weighted by atomic mass is 10.2. The molecule has 2 amide bonds. The number of aliphatic hydroxyl groups is 1. The fraction of sp³-hybridized carbons (Fsp3) is 0.778. The van der Waals surface area contributed by atoms with Gasteiger partial charge in [-0.15, -0.1) is 0 Å². The molecule has 1 aliphatic rings. The van der Waals surface area contributed by atoms with E-state index in [9.17, 15) is 9.59 Å². The van der Waals surface area contributed by atoms with Crippen LogP contribution in [0.1, 0.15) is 25.7 Å². The first-order valence-corrected chi connectivity index (χ1v) is 4.86. The molecule has 1 atom stereocenters. The van der Waals surface area contributed by atoms with Gasteiger partial charge in [0.05, 0.1) is 0 Å². The lowest BCUT2D eigenvalue weighted by molar-refractivity contribution is -0.137. The molecule has 0 spiro atoms. The smallest absolute Gasteiger partial charge is 0.240 e. The maximum absolute atomic E-state index is 11.5. The number of primary amides is 1. The summed E-state index contributed by atoms with van der Waals surface area (Å²) in [5.74, 6) is -0.514. The van der Waals surface area contributed by atoms with Gasteiger partial charge in [0, 0.05) is 19.6 Å². The molecule has 14 heavy (non-hydrogen) atoms. The summed E-state index contributed by atoms with van der Waals surface area (Å²) < 4.78 is 0. The summed E-state index contributed by atoms with van der Waals surface area (Å²) >= 11 is 0. The molecule has 1 heterocycles. The number of likely N-dealkylation sites (tertiary alicyclic amines) is 1. The van der Waals surface area contributed by atoms with Crippen LogP contribution in [0.4, 0.5) is 0 Å². The first-order chi connectivity index (χ1) is 6.66. The summed E-state index contributed by atoms with van der Waals surface area (Å²) in [4.78, 5) is 24.0. The fourth-order valence-electron chi connectivity index (χ4n) is 1.73. The largest absolute Gasteiger partial charge is 0.396 e. The molecule has 0 aromatic rings. The third-order valence-corrected chi connectivity index (χ3v) is 2.45. The predicted molar refractivity (Wildman–Crippen MR) is 50.2 cm³/mol. The molecule has 1 unspecified atom stereocenters.